The van der Waals surface area contributed by atoms with Crippen LogP contribution in [-0.4, -0.2) is 76.7 Å². The van der Waals surface area contributed by atoms with Gasteiger partial charge in [0.2, 0.25) is 5.91 Å². The molecule has 6 N–H and O–H groups in total. The van der Waals surface area contributed by atoms with E-state index in [9.17, 15) is 53.9 Å². The number of rotatable bonds is 16. The second-order valence-electron chi connectivity index (χ2n) is 12.3. The fourth-order valence-corrected chi connectivity index (χ4v) is 6.53. The highest BCUT2D eigenvalue weighted by molar-refractivity contribution is 7.92. The van der Waals surface area contributed by atoms with Gasteiger partial charge in [-0.1, -0.05) is 30.3 Å². The highest BCUT2D eigenvalue weighted by Crippen LogP contribution is 2.42. The van der Waals surface area contributed by atoms with Gasteiger partial charge in [-0.2, -0.15) is 26.3 Å². The van der Waals surface area contributed by atoms with E-state index in [1.807, 2.05) is 4.72 Å². The number of hydrogen-bond donors (Lipinski definition) is 5. The zero-order valence-corrected chi connectivity index (χ0v) is 30.1. The molecule has 0 aliphatic carbocycles. The van der Waals surface area contributed by atoms with E-state index >= 15 is 0 Å². The average Bonchev–Trinajstić information content (AvgIpc) is 3.14. The van der Waals surface area contributed by atoms with Crippen molar-refractivity contribution in [2.75, 3.05) is 30.9 Å². The van der Waals surface area contributed by atoms with Crippen LogP contribution in [-0.2, 0) is 24.4 Å². The number of esters is 2. The molecule has 1 heterocycles. The van der Waals surface area contributed by atoms with Crippen LogP contribution in [0.1, 0.15) is 42.5 Å². The number of piperidine rings is 1. The summed E-state index contributed by atoms with van der Waals surface area (Å²) < 4.78 is 125. The maximum atomic E-state index is 13.8. The quantitative estimate of drug-likeness (QED) is 0.0587. The van der Waals surface area contributed by atoms with Crippen molar-refractivity contribution in [3.8, 4) is 23.0 Å². The van der Waals surface area contributed by atoms with E-state index in [-0.39, 0.29) is 49.0 Å². The summed E-state index contributed by atoms with van der Waals surface area (Å²) in [5.74, 6) is -12.1. The Morgan fingerprint density at radius 3 is 2.05 bits per heavy atom. The molecule has 304 valence electrons. The van der Waals surface area contributed by atoms with Crippen LogP contribution in [0.25, 0.3) is 0 Å². The second kappa shape index (κ2) is 19.0. The Bertz CT molecular complexity index is 1980. The number of sulfonamides is 1. The average molecular weight is 818 g/mol. The summed E-state index contributed by atoms with van der Waals surface area (Å²) in [7, 11) is -5.31. The summed E-state index contributed by atoms with van der Waals surface area (Å²) >= 11 is 0. The maximum absolute atomic E-state index is 13.8. The summed E-state index contributed by atoms with van der Waals surface area (Å²) in [6.45, 7) is 1.80. The SMILES string of the molecule is NCCCC[C@H](NC(=O)c1ccc(S(=O)(=O)Nc2ccccc2Oc2ccccc2)c(OC(=O)C(F)(F)F)c1OC(=O)C(F)(F)F)C(=O)NCC1CCNCC1. The molecule has 2 amide bonds. The van der Waals surface area contributed by atoms with Crippen molar-refractivity contribution < 1.29 is 68.1 Å². The number of amides is 2. The molecule has 0 bridgehead atoms. The summed E-state index contributed by atoms with van der Waals surface area (Å²) in [5, 5.41) is 8.10. The largest absolute Gasteiger partial charge is 0.491 e. The first-order valence-corrected chi connectivity index (χ1v) is 18.5. The van der Waals surface area contributed by atoms with Gasteiger partial charge in [0.05, 0.1) is 11.3 Å². The molecule has 4 rings (SSSR count). The number of carbonyl (C=O) groups is 4. The Morgan fingerprint density at radius 2 is 1.43 bits per heavy atom. The Balaban J connectivity index is 1.80. The minimum absolute atomic E-state index is 0.0740. The van der Waals surface area contributed by atoms with Crippen LogP contribution in [0.4, 0.5) is 32.0 Å². The van der Waals surface area contributed by atoms with Gasteiger partial charge in [-0.15, -0.1) is 0 Å². The van der Waals surface area contributed by atoms with Gasteiger partial charge in [-0.3, -0.25) is 14.3 Å². The molecule has 1 aliphatic rings. The summed E-state index contributed by atoms with van der Waals surface area (Å²) in [4.78, 5) is 49.8. The molecule has 0 saturated carbocycles. The molecule has 1 saturated heterocycles. The van der Waals surface area contributed by atoms with Gasteiger partial charge in [0.15, 0.2) is 17.2 Å². The van der Waals surface area contributed by atoms with E-state index in [4.69, 9.17) is 10.5 Å². The van der Waals surface area contributed by atoms with E-state index in [0.717, 1.165) is 18.9 Å². The molecule has 0 aromatic heterocycles. The number of anilines is 1. The van der Waals surface area contributed by atoms with E-state index in [1.165, 1.54) is 30.3 Å². The minimum atomic E-state index is -5.88. The summed E-state index contributed by atoms with van der Waals surface area (Å²) in [6.07, 6.45) is -9.73. The summed E-state index contributed by atoms with van der Waals surface area (Å²) in [5.41, 5.74) is 4.00. The molecule has 0 spiro atoms. The number of carbonyl (C=O) groups excluding carboxylic acids is 4. The van der Waals surface area contributed by atoms with E-state index < -0.39 is 74.1 Å². The Labute approximate surface area is 316 Å². The van der Waals surface area contributed by atoms with Crippen LogP contribution in [0, 0.1) is 5.92 Å². The van der Waals surface area contributed by atoms with Gasteiger partial charge in [0.25, 0.3) is 15.9 Å². The van der Waals surface area contributed by atoms with Gasteiger partial charge in [-0.05, 0) is 94.1 Å². The molecule has 3 aromatic rings. The monoisotopic (exact) mass is 817 g/mol. The molecule has 14 nitrogen and oxygen atoms in total. The molecular formula is C35H37F6N5O9S. The van der Waals surface area contributed by atoms with Crippen LogP contribution in [0.3, 0.4) is 0 Å². The lowest BCUT2D eigenvalue weighted by molar-refractivity contribution is -0.192. The Hall–Kier alpha value is -5.41. The van der Waals surface area contributed by atoms with E-state index in [0.29, 0.717) is 31.6 Å². The van der Waals surface area contributed by atoms with Crippen molar-refractivity contribution in [2.24, 2.45) is 11.7 Å². The first-order chi connectivity index (χ1) is 26.4. The Morgan fingerprint density at radius 1 is 0.821 bits per heavy atom. The third kappa shape index (κ3) is 12.0. The lowest BCUT2D eigenvalue weighted by Crippen LogP contribution is -2.48. The van der Waals surface area contributed by atoms with E-state index in [1.54, 1.807) is 18.2 Å². The number of alkyl halides is 6. The number of hydrogen-bond acceptors (Lipinski definition) is 11. The van der Waals surface area contributed by atoms with Crippen LogP contribution in [0.5, 0.6) is 23.0 Å². The maximum Gasteiger partial charge on any atom is 0.491 e. The third-order valence-electron chi connectivity index (χ3n) is 8.16. The number of nitrogens with two attached hydrogens (primary N) is 1. The van der Waals surface area contributed by atoms with Gasteiger partial charge in [-0.25, -0.2) is 18.0 Å². The number of unbranched alkanes of at least 4 members (excludes halogenated alkanes) is 1. The lowest BCUT2D eigenvalue weighted by Gasteiger charge is -2.25. The van der Waals surface area contributed by atoms with Crippen LogP contribution < -0.4 is 40.6 Å². The molecule has 56 heavy (non-hydrogen) atoms. The van der Waals surface area contributed by atoms with Gasteiger partial charge in [0, 0.05) is 6.54 Å². The van der Waals surface area contributed by atoms with Crippen molar-refractivity contribution in [3.63, 3.8) is 0 Å². The van der Waals surface area contributed by atoms with Crippen LogP contribution in [0.15, 0.2) is 71.6 Å². The minimum Gasteiger partial charge on any atom is -0.455 e. The molecular weight excluding hydrogens is 780 g/mol. The molecule has 1 fully saturated rings. The van der Waals surface area contributed by atoms with Gasteiger partial charge < -0.3 is 35.9 Å². The normalized spacial score (nSPS) is 14.3. The van der Waals surface area contributed by atoms with Gasteiger partial charge >= 0.3 is 24.3 Å². The third-order valence-corrected chi connectivity index (χ3v) is 9.55. The number of benzene rings is 3. The van der Waals surface area contributed by atoms with Crippen molar-refractivity contribution in [3.05, 3.63) is 72.3 Å². The molecule has 21 heteroatoms. The van der Waals surface area contributed by atoms with Crippen molar-refractivity contribution in [2.45, 2.75) is 55.4 Å². The predicted octanol–water partition coefficient (Wildman–Crippen LogP) is 4.56. The molecule has 3 aromatic carbocycles. The number of ether oxygens (including phenoxy) is 3. The fraction of sp³-hybridized carbons (Fsp3) is 0.371. The smallest absolute Gasteiger partial charge is 0.455 e. The van der Waals surface area contributed by atoms with Crippen molar-refractivity contribution in [1.82, 2.24) is 16.0 Å². The first kappa shape index (κ1) is 43.3. The van der Waals surface area contributed by atoms with Crippen LogP contribution in [0.2, 0.25) is 0 Å². The van der Waals surface area contributed by atoms with Crippen molar-refractivity contribution in [1.29, 1.82) is 0 Å². The summed E-state index contributed by atoms with van der Waals surface area (Å²) in [6, 6.07) is 12.6. The van der Waals surface area contributed by atoms with E-state index in [2.05, 4.69) is 25.4 Å². The molecule has 0 radical (unpaired) electrons. The zero-order chi connectivity index (χ0) is 41.1. The Kier molecular flexibility index (Phi) is 14.7. The fourth-order valence-electron chi connectivity index (χ4n) is 5.34. The lowest BCUT2D eigenvalue weighted by atomic mass is 9.98. The number of nitrogens with one attached hydrogen (secondary N) is 4. The highest BCUT2D eigenvalue weighted by Gasteiger charge is 2.46. The molecule has 1 atom stereocenters. The van der Waals surface area contributed by atoms with Gasteiger partial charge in [0.1, 0.15) is 16.7 Å². The number of halogens is 6. The standard InChI is InChI=1S/C35H37F6N5O9S/c36-34(37,38)32(49)54-28-23(30(47)45-25(11-6-7-17-42)31(48)44-20-21-15-18-43-19-16-21)13-14-27(29(28)55-33(50)35(39,40)41)56(51,52)46-24-10-4-5-12-26(24)53-22-8-2-1-3-9-22/h1-5,8-10,12-14,21,25,43,46H,6-7,11,15-20,42H2,(H,44,48)(H,45,47)/t25-/m0/s1. The predicted molar refractivity (Wildman–Crippen MR) is 186 cm³/mol. The first-order valence-electron chi connectivity index (χ1n) is 17.0. The van der Waals surface area contributed by atoms with Crippen molar-refractivity contribution >= 4 is 39.5 Å². The second-order valence-corrected chi connectivity index (χ2v) is 14.0. The van der Waals surface area contributed by atoms with Crippen LogP contribution >= 0.6 is 0 Å². The zero-order valence-electron chi connectivity index (χ0n) is 29.3. The molecule has 0 unspecified atom stereocenters. The highest BCUT2D eigenvalue weighted by atomic mass is 32.2. The number of para-hydroxylation sites is 3. The topological polar surface area (TPSA) is 204 Å². The molecule has 1 aliphatic heterocycles.